The summed E-state index contributed by atoms with van der Waals surface area (Å²) in [4.78, 5) is 22.5. The van der Waals surface area contributed by atoms with Crippen LogP contribution in [0.15, 0.2) is 18.2 Å². The van der Waals surface area contributed by atoms with Gasteiger partial charge in [-0.25, -0.2) is 0 Å². The number of rotatable bonds is 5. The van der Waals surface area contributed by atoms with E-state index in [1.165, 1.54) is 0 Å². The van der Waals surface area contributed by atoms with E-state index in [1.54, 1.807) is 0 Å². The number of nitrogens with one attached hydrogen (secondary N) is 2. The Balaban J connectivity index is 0.00000242. The first-order valence-electron chi connectivity index (χ1n) is 6.81. The molecule has 1 aliphatic rings. The van der Waals surface area contributed by atoms with E-state index in [0.29, 0.717) is 25.5 Å². The molecule has 0 unspecified atom stereocenters. The van der Waals surface area contributed by atoms with E-state index in [1.807, 2.05) is 18.2 Å². The topological polar surface area (TPSA) is 103 Å². The van der Waals surface area contributed by atoms with Crippen LogP contribution in [0.25, 0.3) is 0 Å². The minimum atomic E-state index is -0.360. The van der Waals surface area contributed by atoms with Crippen LogP contribution >= 0.6 is 12.4 Å². The molecule has 22 heavy (non-hydrogen) atoms. The SMILES string of the molecule is Cl.NCC(=O)NCC(=O)NCc1ccc2c(c1)OCCCO2. The van der Waals surface area contributed by atoms with Gasteiger partial charge in [0.15, 0.2) is 11.5 Å². The molecular weight excluding hydrogens is 310 g/mol. The highest BCUT2D eigenvalue weighted by Crippen LogP contribution is 2.30. The minimum Gasteiger partial charge on any atom is -0.490 e. The predicted octanol–water partition coefficient (Wildman–Crippen LogP) is -0.0392. The van der Waals surface area contributed by atoms with Crippen molar-refractivity contribution in [1.29, 1.82) is 0 Å². The lowest BCUT2D eigenvalue weighted by atomic mass is 10.2. The first-order valence-corrected chi connectivity index (χ1v) is 6.81. The first kappa shape index (κ1) is 18.1. The van der Waals surface area contributed by atoms with Gasteiger partial charge < -0.3 is 25.8 Å². The molecule has 8 heteroatoms. The molecule has 0 aromatic heterocycles. The van der Waals surface area contributed by atoms with Crippen molar-refractivity contribution < 1.29 is 19.1 Å². The molecule has 1 heterocycles. The summed E-state index contributed by atoms with van der Waals surface area (Å²) >= 11 is 0. The van der Waals surface area contributed by atoms with E-state index in [4.69, 9.17) is 15.2 Å². The zero-order chi connectivity index (χ0) is 15.1. The number of hydrogen-bond acceptors (Lipinski definition) is 5. The van der Waals surface area contributed by atoms with E-state index in [2.05, 4.69) is 10.6 Å². The fourth-order valence-electron chi connectivity index (χ4n) is 1.83. The zero-order valence-electron chi connectivity index (χ0n) is 12.1. The van der Waals surface area contributed by atoms with Gasteiger partial charge in [-0.1, -0.05) is 6.07 Å². The molecule has 2 rings (SSSR count). The van der Waals surface area contributed by atoms with Gasteiger partial charge in [0.25, 0.3) is 0 Å². The van der Waals surface area contributed by atoms with Crippen molar-refractivity contribution in [3.63, 3.8) is 0 Å². The average molecular weight is 330 g/mol. The fourth-order valence-corrected chi connectivity index (χ4v) is 1.83. The maximum absolute atomic E-state index is 11.6. The molecule has 122 valence electrons. The molecule has 1 aromatic rings. The third-order valence-corrected chi connectivity index (χ3v) is 2.93. The van der Waals surface area contributed by atoms with Crippen LogP contribution in [0.1, 0.15) is 12.0 Å². The number of fused-ring (bicyclic) bond motifs is 1. The first-order chi connectivity index (χ1) is 10.2. The molecule has 1 aliphatic heterocycles. The van der Waals surface area contributed by atoms with Gasteiger partial charge in [0.05, 0.1) is 26.3 Å². The molecule has 0 radical (unpaired) electrons. The number of hydrogen-bond donors (Lipinski definition) is 3. The molecule has 0 saturated heterocycles. The number of carbonyl (C=O) groups excluding carboxylic acids is 2. The molecule has 2 amide bonds. The summed E-state index contributed by atoms with van der Waals surface area (Å²) in [7, 11) is 0. The maximum atomic E-state index is 11.6. The molecule has 4 N–H and O–H groups in total. The number of nitrogens with two attached hydrogens (primary N) is 1. The maximum Gasteiger partial charge on any atom is 0.239 e. The van der Waals surface area contributed by atoms with E-state index >= 15 is 0 Å². The van der Waals surface area contributed by atoms with Crippen LogP contribution in [0.3, 0.4) is 0 Å². The van der Waals surface area contributed by atoms with Crippen LogP contribution < -0.4 is 25.8 Å². The quantitative estimate of drug-likeness (QED) is 0.703. The van der Waals surface area contributed by atoms with Crippen molar-refractivity contribution in [1.82, 2.24) is 10.6 Å². The largest absolute Gasteiger partial charge is 0.490 e. The third kappa shape index (κ3) is 5.42. The van der Waals surface area contributed by atoms with Gasteiger partial charge >= 0.3 is 0 Å². The summed E-state index contributed by atoms with van der Waals surface area (Å²) in [6.45, 7) is 1.40. The summed E-state index contributed by atoms with van der Waals surface area (Å²) in [6, 6.07) is 5.55. The molecule has 0 spiro atoms. The van der Waals surface area contributed by atoms with E-state index in [0.717, 1.165) is 17.7 Å². The Morgan fingerprint density at radius 1 is 1.09 bits per heavy atom. The Labute approximate surface area is 134 Å². The molecular formula is C14H20ClN3O4. The number of amides is 2. The molecule has 7 nitrogen and oxygen atoms in total. The Kier molecular flexibility index (Phi) is 7.48. The van der Waals surface area contributed by atoms with Gasteiger partial charge in [-0.15, -0.1) is 12.4 Å². The number of ether oxygens (including phenoxy) is 2. The third-order valence-electron chi connectivity index (χ3n) is 2.93. The smallest absolute Gasteiger partial charge is 0.239 e. The summed E-state index contributed by atoms with van der Waals surface area (Å²) in [5.74, 6) is 0.776. The van der Waals surface area contributed by atoms with Crippen LogP contribution in [0.4, 0.5) is 0 Å². The fraction of sp³-hybridized carbons (Fsp3) is 0.429. The second-order valence-corrected chi connectivity index (χ2v) is 4.59. The molecule has 0 atom stereocenters. The summed E-state index contributed by atoms with van der Waals surface area (Å²) < 4.78 is 11.1. The Bertz CT molecular complexity index is 525. The van der Waals surface area contributed by atoms with Crippen molar-refractivity contribution >= 4 is 24.2 Å². The Morgan fingerprint density at radius 3 is 2.55 bits per heavy atom. The number of benzene rings is 1. The van der Waals surface area contributed by atoms with E-state index < -0.39 is 0 Å². The molecule has 0 fully saturated rings. The van der Waals surface area contributed by atoms with Crippen molar-refractivity contribution in [2.75, 3.05) is 26.3 Å². The van der Waals surface area contributed by atoms with Gasteiger partial charge in [0.2, 0.25) is 11.8 Å². The van der Waals surface area contributed by atoms with Crippen molar-refractivity contribution in [2.45, 2.75) is 13.0 Å². The summed E-state index contributed by atoms with van der Waals surface area (Å²) in [5, 5.41) is 5.12. The highest BCUT2D eigenvalue weighted by atomic mass is 35.5. The number of carbonyl (C=O) groups is 2. The summed E-state index contributed by atoms with van der Waals surface area (Å²) in [6.07, 6.45) is 0.849. The lowest BCUT2D eigenvalue weighted by molar-refractivity contribution is -0.125. The van der Waals surface area contributed by atoms with E-state index in [9.17, 15) is 9.59 Å². The van der Waals surface area contributed by atoms with Gasteiger partial charge in [-0.2, -0.15) is 0 Å². The average Bonchev–Trinajstić information content (AvgIpc) is 2.75. The second kappa shape index (κ2) is 9.11. The molecule has 0 aliphatic carbocycles. The van der Waals surface area contributed by atoms with Crippen LogP contribution in [-0.2, 0) is 16.1 Å². The second-order valence-electron chi connectivity index (χ2n) is 4.59. The van der Waals surface area contributed by atoms with Crippen LogP contribution in [0.5, 0.6) is 11.5 Å². The minimum absolute atomic E-state index is 0. The Morgan fingerprint density at radius 2 is 1.82 bits per heavy atom. The number of halogens is 1. The lowest BCUT2D eigenvalue weighted by Gasteiger charge is -2.10. The molecule has 0 bridgehead atoms. The van der Waals surface area contributed by atoms with Crippen LogP contribution in [0, 0.1) is 0 Å². The molecule has 0 saturated carbocycles. The lowest BCUT2D eigenvalue weighted by Crippen LogP contribution is -2.39. The standard InChI is InChI=1S/C14H19N3O4.ClH/c15-7-13(18)17-9-14(19)16-8-10-2-3-11-12(6-10)21-5-1-4-20-11;/h2-3,6H,1,4-5,7-9,15H2,(H,16,19)(H,17,18);1H. The molecule has 1 aromatic carbocycles. The van der Waals surface area contributed by atoms with Gasteiger partial charge in [-0.05, 0) is 17.7 Å². The van der Waals surface area contributed by atoms with Crippen molar-refractivity contribution in [3.05, 3.63) is 23.8 Å². The Hall–Kier alpha value is -1.99. The van der Waals surface area contributed by atoms with Gasteiger partial charge in [0.1, 0.15) is 0 Å². The van der Waals surface area contributed by atoms with Gasteiger partial charge in [-0.3, -0.25) is 9.59 Å². The van der Waals surface area contributed by atoms with Crippen molar-refractivity contribution in [2.24, 2.45) is 5.73 Å². The highest BCUT2D eigenvalue weighted by molar-refractivity contribution is 5.85. The predicted molar refractivity (Wildman–Crippen MR) is 83.2 cm³/mol. The van der Waals surface area contributed by atoms with Gasteiger partial charge in [0, 0.05) is 13.0 Å². The monoisotopic (exact) mass is 329 g/mol. The zero-order valence-corrected chi connectivity index (χ0v) is 12.9. The highest BCUT2D eigenvalue weighted by Gasteiger charge is 2.11. The van der Waals surface area contributed by atoms with Crippen LogP contribution in [-0.4, -0.2) is 38.1 Å². The van der Waals surface area contributed by atoms with Crippen molar-refractivity contribution in [3.8, 4) is 11.5 Å². The van der Waals surface area contributed by atoms with E-state index in [-0.39, 0.29) is 37.3 Å². The normalized spacial score (nSPS) is 12.6. The van der Waals surface area contributed by atoms with Crippen LogP contribution in [0.2, 0.25) is 0 Å². The summed E-state index contributed by atoms with van der Waals surface area (Å²) in [5.41, 5.74) is 6.03.